The zero-order valence-electron chi connectivity index (χ0n) is 9.56. The van der Waals surface area contributed by atoms with Crippen molar-refractivity contribution < 1.29 is 9.90 Å². The Hall–Kier alpha value is -1.27. The van der Waals surface area contributed by atoms with E-state index in [1.54, 1.807) is 0 Å². The van der Waals surface area contributed by atoms with E-state index in [9.17, 15) is 4.79 Å². The molecule has 0 unspecified atom stereocenters. The monoisotopic (exact) mass is 268 g/mol. The minimum atomic E-state index is -0.905. The minimum absolute atomic E-state index is 0.329. The summed E-state index contributed by atoms with van der Waals surface area (Å²) in [6.07, 6.45) is 1.51. The summed E-state index contributed by atoms with van der Waals surface area (Å²) >= 11 is 2.72. The summed E-state index contributed by atoms with van der Waals surface area (Å²) in [5.74, 6) is -0.905. The van der Waals surface area contributed by atoms with Crippen molar-refractivity contribution in [1.29, 1.82) is 0 Å². The van der Waals surface area contributed by atoms with E-state index in [2.05, 4.69) is 9.97 Å². The van der Waals surface area contributed by atoms with Crippen LogP contribution in [0, 0.1) is 0 Å². The van der Waals surface area contributed by atoms with Crippen LogP contribution in [0.5, 0.6) is 0 Å². The van der Waals surface area contributed by atoms with Crippen molar-refractivity contribution in [2.75, 3.05) is 0 Å². The van der Waals surface area contributed by atoms with Gasteiger partial charge in [-0.05, 0) is 12.8 Å². The number of rotatable bonds is 4. The maximum atomic E-state index is 11.0. The molecule has 2 aromatic heterocycles. The quantitative estimate of drug-likeness (QED) is 0.925. The maximum absolute atomic E-state index is 11.0. The van der Waals surface area contributed by atoms with E-state index in [4.69, 9.17) is 5.11 Å². The number of aromatic carboxylic acids is 1. The second-order valence-electron chi connectivity index (χ2n) is 3.45. The number of carbonyl (C=O) groups is 1. The highest BCUT2D eigenvalue weighted by Gasteiger charge is 2.18. The smallest absolute Gasteiger partial charge is 0.347 e. The van der Waals surface area contributed by atoms with Gasteiger partial charge in [-0.25, -0.2) is 14.8 Å². The molecule has 0 fully saturated rings. The Morgan fingerprint density at radius 1 is 1.29 bits per heavy atom. The van der Waals surface area contributed by atoms with E-state index in [-0.39, 0.29) is 0 Å². The Labute approximate surface area is 107 Å². The van der Waals surface area contributed by atoms with Crippen molar-refractivity contribution >= 4 is 28.6 Å². The molecule has 0 aliphatic rings. The summed E-state index contributed by atoms with van der Waals surface area (Å²) < 4.78 is 0. The summed E-state index contributed by atoms with van der Waals surface area (Å²) in [6, 6.07) is 0. The van der Waals surface area contributed by atoms with Gasteiger partial charge in [0.05, 0.1) is 11.4 Å². The van der Waals surface area contributed by atoms with Gasteiger partial charge >= 0.3 is 5.97 Å². The maximum Gasteiger partial charge on any atom is 0.347 e. The minimum Gasteiger partial charge on any atom is -0.477 e. The molecule has 2 heterocycles. The molecule has 0 aromatic carbocycles. The predicted molar refractivity (Wildman–Crippen MR) is 68.9 cm³/mol. The van der Waals surface area contributed by atoms with Gasteiger partial charge in [-0.1, -0.05) is 13.8 Å². The molecule has 0 aliphatic carbocycles. The standard InChI is InChI=1S/C11H12N2O2S2/c1-3-6-5-16-9(12-6)10-13-7(4-2)8(17-10)11(14)15/h5H,3-4H2,1-2H3,(H,14,15). The van der Waals surface area contributed by atoms with E-state index in [1.165, 1.54) is 22.7 Å². The number of aromatic nitrogens is 2. The molecule has 0 amide bonds. The molecule has 90 valence electrons. The second kappa shape index (κ2) is 4.93. The fourth-order valence-electron chi connectivity index (χ4n) is 1.42. The number of aryl methyl sites for hydroxylation is 2. The van der Waals surface area contributed by atoms with Crippen molar-refractivity contribution in [2.45, 2.75) is 26.7 Å². The Bertz CT molecular complexity index is 545. The molecule has 1 N–H and O–H groups in total. The highest BCUT2D eigenvalue weighted by molar-refractivity contribution is 7.21. The van der Waals surface area contributed by atoms with Crippen molar-refractivity contribution in [3.8, 4) is 10.0 Å². The number of carboxylic acids is 1. The van der Waals surface area contributed by atoms with E-state index < -0.39 is 5.97 Å². The number of hydrogen-bond donors (Lipinski definition) is 1. The van der Waals surface area contributed by atoms with Crippen LogP contribution in [0.25, 0.3) is 10.0 Å². The van der Waals surface area contributed by atoms with E-state index in [0.29, 0.717) is 22.0 Å². The fraction of sp³-hybridized carbons (Fsp3) is 0.364. The summed E-state index contributed by atoms with van der Waals surface area (Å²) in [5, 5.41) is 12.6. The molecule has 0 saturated heterocycles. The molecule has 0 saturated carbocycles. The van der Waals surface area contributed by atoms with E-state index in [1.807, 2.05) is 19.2 Å². The summed E-state index contributed by atoms with van der Waals surface area (Å²) in [4.78, 5) is 20.1. The lowest BCUT2D eigenvalue weighted by Gasteiger charge is -1.89. The molecule has 17 heavy (non-hydrogen) atoms. The Balaban J connectivity index is 2.42. The van der Waals surface area contributed by atoms with Crippen molar-refractivity contribution in [3.63, 3.8) is 0 Å². The van der Waals surface area contributed by atoms with Crippen molar-refractivity contribution in [2.24, 2.45) is 0 Å². The lowest BCUT2D eigenvalue weighted by atomic mass is 10.3. The molecule has 0 atom stereocenters. The van der Waals surface area contributed by atoms with Crippen LogP contribution in [0.3, 0.4) is 0 Å². The molecule has 4 nitrogen and oxygen atoms in total. The number of hydrogen-bond acceptors (Lipinski definition) is 5. The third kappa shape index (κ3) is 2.37. The van der Waals surface area contributed by atoms with Gasteiger partial charge in [0.25, 0.3) is 0 Å². The predicted octanol–water partition coefficient (Wildman–Crippen LogP) is 3.09. The van der Waals surface area contributed by atoms with Crippen LogP contribution in [0.2, 0.25) is 0 Å². The normalized spacial score (nSPS) is 10.7. The average molecular weight is 268 g/mol. The van der Waals surface area contributed by atoms with Crippen molar-refractivity contribution in [1.82, 2.24) is 9.97 Å². The van der Waals surface area contributed by atoms with Crippen LogP contribution in [0.1, 0.15) is 34.9 Å². The molecule has 0 aliphatic heterocycles. The first kappa shape index (κ1) is 12.2. The lowest BCUT2D eigenvalue weighted by Crippen LogP contribution is -1.97. The largest absolute Gasteiger partial charge is 0.477 e. The van der Waals surface area contributed by atoms with Gasteiger partial charge in [0.2, 0.25) is 0 Å². The third-order valence-corrected chi connectivity index (χ3v) is 4.44. The van der Waals surface area contributed by atoms with Gasteiger partial charge in [-0.2, -0.15) is 0 Å². The zero-order valence-corrected chi connectivity index (χ0v) is 11.2. The summed E-state index contributed by atoms with van der Waals surface area (Å²) in [5.41, 5.74) is 1.67. The van der Waals surface area contributed by atoms with Crippen LogP contribution in [-0.4, -0.2) is 21.0 Å². The van der Waals surface area contributed by atoms with E-state index >= 15 is 0 Å². The van der Waals surface area contributed by atoms with Crippen LogP contribution in [0.15, 0.2) is 5.38 Å². The number of carboxylic acid groups (broad SMARTS) is 1. The molecular weight excluding hydrogens is 256 g/mol. The topological polar surface area (TPSA) is 63.1 Å². The second-order valence-corrected chi connectivity index (χ2v) is 5.31. The third-order valence-electron chi connectivity index (χ3n) is 2.32. The first-order chi connectivity index (χ1) is 8.15. The van der Waals surface area contributed by atoms with Crippen LogP contribution >= 0.6 is 22.7 Å². The van der Waals surface area contributed by atoms with Crippen LogP contribution < -0.4 is 0 Å². The van der Waals surface area contributed by atoms with Crippen LogP contribution in [0.4, 0.5) is 0 Å². The highest BCUT2D eigenvalue weighted by Crippen LogP contribution is 2.30. The van der Waals surface area contributed by atoms with Gasteiger partial charge in [0, 0.05) is 5.38 Å². The lowest BCUT2D eigenvalue weighted by molar-refractivity contribution is 0.0701. The summed E-state index contributed by atoms with van der Waals surface area (Å²) in [7, 11) is 0. The summed E-state index contributed by atoms with van der Waals surface area (Å²) in [6.45, 7) is 3.95. The molecule has 0 spiro atoms. The zero-order chi connectivity index (χ0) is 12.4. The molecule has 6 heteroatoms. The van der Waals surface area contributed by atoms with E-state index in [0.717, 1.165) is 17.1 Å². The fourth-order valence-corrected chi connectivity index (χ4v) is 3.35. The average Bonchev–Trinajstić information content (AvgIpc) is 2.94. The molecule has 2 aromatic rings. The van der Waals surface area contributed by atoms with Gasteiger partial charge in [0.1, 0.15) is 4.88 Å². The Morgan fingerprint density at radius 2 is 2.06 bits per heavy atom. The first-order valence-corrected chi connectivity index (χ1v) is 7.03. The molecular formula is C11H12N2O2S2. The van der Waals surface area contributed by atoms with Crippen LogP contribution in [-0.2, 0) is 12.8 Å². The van der Waals surface area contributed by atoms with Gasteiger partial charge in [0.15, 0.2) is 10.0 Å². The van der Waals surface area contributed by atoms with Crippen molar-refractivity contribution in [3.05, 3.63) is 21.6 Å². The molecule has 2 rings (SSSR count). The first-order valence-electron chi connectivity index (χ1n) is 5.33. The molecule has 0 radical (unpaired) electrons. The van der Waals surface area contributed by atoms with Gasteiger partial charge in [-0.15, -0.1) is 22.7 Å². The number of nitrogens with zero attached hydrogens (tertiary/aromatic N) is 2. The van der Waals surface area contributed by atoms with Gasteiger partial charge in [-0.3, -0.25) is 0 Å². The molecule has 0 bridgehead atoms. The Morgan fingerprint density at radius 3 is 2.53 bits per heavy atom. The van der Waals surface area contributed by atoms with Gasteiger partial charge < -0.3 is 5.11 Å². The SMILES string of the molecule is CCc1csc(-c2nc(CC)c(C(=O)O)s2)n1. The highest BCUT2D eigenvalue weighted by atomic mass is 32.1. The number of thiazole rings is 2. The Kier molecular flexibility index (Phi) is 3.54.